The Labute approximate surface area is 82.4 Å². The van der Waals surface area contributed by atoms with Crippen LogP contribution in [-0.2, 0) is 14.3 Å². The van der Waals surface area contributed by atoms with Crippen LogP contribution in [0.3, 0.4) is 0 Å². The molecule has 0 aromatic carbocycles. The molecule has 14 heavy (non-hydrogen) atoms. The number of rotatable bonds is 7. The Morgan fingerprint density at radius 2 is 2.14 bits per heavy atom. The fraction of sp³-hybridized carbons (Fsp3) is 0.750. The summed E-state index contributed by atoms with van der Waals surface area (Å²) in [6.07, 6.45) is 0.104. The minimum Gasteiger partial charge on any atom is -0.480 e. The van der Waals surface area contributed by atoms with E-state index in [1.54, 1.807) is 0 Å². The third-order valence-electron chi connectivity index (χ3n) is 1.79. The normalized spacial score (nSPS) is 14.7. The van der Waals surface area contributed by atoms with Crippen LogP contribution in [0.5, 0.6) is 0 Å². The van der Waals surface area contributed by atoms with Crippen molar-refractivity contribution in [3.05, 3.63) is 0 Å². The highest BCUT2D eigenvalue weighted by atomic mass is 16.5. The minimum atomic E-state index is -1.18. The first-order valence-corrected chi connectivity index (χ1v) is 4.18. The average molecular weight is 204 g/mol. The first kappa shape index (κ1) is 12.9. The summed E-state index contributed by atoms with van der Waals surface area (Å²) in [6, 6.07) is 0. The lowest BCUT2D eigenvalue weighted by Crippen LogP contribution is -2.53. The van der Waals surface area contributed by atoms with Gasteiger partial charge in [-0.05, 0) is 6.92 Å². The van der Waals surface area contributed by atoms with Crippen LogP contribution in [-0.4, -0.2) is 42.8 Å². The van der Waals surface area contributed by atoms with Crippen molar-refractivity contribution in [3.63, 3.8) is 0 Å². The van der Waals surface area contributed by atoms with Gasteiger partial charge in [0.1, 0.15) is 5.54 Å². The molecule has 0 aliphatic carbocycles. The largest absolute Gasteiger partial charge is 0.480 e. The molecule has 4 N–H and O–H groups in total. The fourth-order valence-electron chi connectivity index (χ4n) is 0.939. The van der Waals surface area contributed by atoms with Crippen molar-refractivity contribution >= 4 is 11.9 Å². The van der Waals surface area contributed by atoms with Crippen LogP contribution in [0.15, 0.2) is 0 Å². The molecule has 0 aromatic heterocycles. The van der Waals surface area contributed by atoms with E-state index in [0.29, 0.717) is 0 Å². The summed E-state index contributed by atoms with van der Waals surface area (Å²) in [6.45, 7) is 1.74. The zero-order valence-electron chi connectivity index (χ0n) is 8.37. The van der Waals surface area contributed by atoms with Gasteiger partial charge < -0.3 is 15.6 Å². The molecular weight excluding hydrogens is 188 g/mol. The fourth-order valence-corrected chi connectivity index (χ4v) is 0.939. The first-order chi connectivity index (χ1) is 6.42. The van der Waals surface area contributed by atoms with Gasteiger partial charge in [0.25, 0.3) is 0 Å². The van der Waals surface area contributed by atoms with Gasteiger partial charge in [-0.1, -0.05) is 0 Å². The number of hydrogen-bond acceptors (Lipinski definition) is 4. The van der Waals surface area contributed by atoms with E-state index < -0.39 is 17.4 Å². The summed E-state index contributed by atoms with van der Waals surface area (Å²) in [7, 11) is 1.41. The van der Waals surface area contributed by atoms with E-state index in [1.165, 1.54) is 14.0 Å². The third kappa shape index (κ3) is 4.20. The van der Waals surface area contributed by atoms with E-state index in [0.717, 1.165) is 0 Å². The predicted molar refractivity (Wildman–Crippen MR) is 49.7 cm³/mol. The number of ether oxygens (including phenoxy) is 1. The number of hydrogen-bond donors (Lipinski definition) is 3. The molecule has 0 saturated carbocycles. The first-order valence-electron chi connectivity index (χ1n) is 4.18. The Balaban J connectivity index is 4.09. The number of primary amides is 1. The van der Waals surface area contributed by atoms with Crippen molar-refractivity contribution in [3.8, 4) is 0 Å². The molecule has 0 bridgehead atoms. The zero-order chi connectivity index (χ0) is 11.2. The monoisotopic (exact) mass is 204 g/mol. The van der Waals surface area contributed by atoms with E-state index >= 15 is 0 Å². The summed E-state index contributed by atoms with van der Waals surface area (Å²) < 4.78 is 4.77. The Morgan fingerprint density at radius 3 is 2.50 bits per heavy atom. The van der Waals surface area contributed by atoms with Gasteiger partial charge in [-0.2, -0.15) is 0 Å². The summed E-state index contributed by atoms with van der Waals surface area (Å²) in [5, 5.41) is 11.6. The Morgan fingerprint density at radius 1 is 1.57 bits per heavy atom. The molecule has 82 valence electrons. The van der Waals surface area contributed by atoms with Crippen molar-refractivity contribution in [1.29, 1.82) is 0 Å². The number of nitrogens with one attached hydrogen (secondary N) is 1. The second kappa shape index (κ2) is 5.56. The molecule has 6 nitrogen and oxygen atoms in total. The SMILES string of the molecule is COCC(C)(NCCC(N)=O)C(=O)O. The molecule has 0 fully saturated rings. The number of carboxylic acid groups (broad SMARTS) is 1. The van der Waals surface area contributed by atoms with Gasteiger partial charge in [-0.3, -0.25) is 14.9 Å². The number of amides is 1. The maximum absolute atomic E-state index is 10.8. The molecule has 0 aliphatic rings. The summed E-state index contributed by atoms with van der Waals surface area (Å²) in [4.78, 5) is 21.2. The van der Waals surface area contributed by atoms with Crippen LogP contribution in [0.4, 0.5) is 0 Å². The Hall–Kier alpha value is -1.14. The predicted octanol–water partition coefficient (Wildman–Crippen LogP) is -1.06. The van der Waals surface area contributed by atoms with Crippen LogP contribution in [0.1, 0.15) is 13.3 Å². The molecule has 1 amide bonds. The molecule has 0 aromatic rings. The van der Waals surface area contributed by atoms with Crippen LogP contribution in [0, 0.1) is 0 Å². The molecule has 1 unspecified atom stereocenters. The molecule has 1 atom stereocenters. The van der Waals surface area contributed by atoms with E-state index in [1.807, 2.05) is 0 Å². The molecular formula is C8H16N2O4. The van der Waals surface area contributed by atoms with Gasteiger partial charge in [0.05, 0.1) is 6.61 Å². The van der Waals surface area contributed by atoms with Crippen molar-refractivity contribution in [1.82, 2.24) is 5.32 Å². The number of carboxylic acids is 1. The van der Waals surface area contributed by atoms with Gasteiger partial charge in [0, 0.05) is 20.1 Å². The zero-order valence-corrected chi connectivity index (χ0v) is 8.37. The van der Waals surface area contributed by atoms with Crippen molar-refractivity contribution in [2.75, 3.05) is 20.3 Å². The van der Waals surface area contributed by atoms with Crippen molar-refractivity contribution in [2.45, 2.75) is 18.9 Å². The van der Waals surface area contributed by atoms with E-state index in [2.05, 4.69) is 5.32 Å². The number of methoxy groups -OCH3 is 1. The number of aliphatic carboxylic acids is 1. The topological polar surface area (TPSA) is 102 Å². The standard InChI is InChI=1S/C8H16N2O4/c1-8(5-14-2,7(12)13)10-4-3-6(9)11/h10H,3-5H2,1-2H3,(H2,9,11)(H,12,13). The second-order valence-corrected chi connectivity index (χ2v) is 3.21. The summed E-state index contributed by atoms with van der Waals surface area (Å²) in [5.74, 6) is -1.49. The molecule has 0 saturated heterocycles. The minimum absolute atomic E-state index is 0.0289. The van der Waals surface area contributed by atoms with Crippen molar-refractivity contribution < 1.29 is 19.4 Å². The Bertz CT molecular complexity index is 219. The molecule has 0 aliphatic heterocycles. The second-order valence-electron chi connectivity index (χ2n) is 3.21. The smallest absolute Gasteiger partial charge is 0.326 e. The van der Waals surface area contributed by atoms with Crippen LogP contribution in [0.25, 0.3) is 0 Å². The van der Waals surface area contributed by atoms with Crippen LogP contribution in [0.2, 0.25) is 0 Å². The molecule has 6 heteroatoms. The van der Waals surface area contributed by atoms with Crippen molar-refractivity contribution in [2.24, 2.45) is 5.73 Å². The van der Waals surface area contributed by atoms with E-state index in [4.69, 9.17) is 15.6 Å². The number of carbonyl (C=O) groups is 2. The van der Waals surface area contributed by atoms with Gasteiger partial charge in [-0.25, -0.2) is 0 Å². The van der Waals surface area contributed by atoms with E-state index in [9.17, 15) is 9.59 Å². The van der Waals surface area contributed by atoms with Crippen LogP contribution < -0.4 is 11.1 Å². The quantitative estimate of drug-likeness (QED) is 0.490. The Kier molecular flexibility index (Phi) is 5.11. The highest BCUT2D eigenvalue weighted by Gasteiger charge is 2.32. The van der Waals surface area contributed by atoms with E-state index in [-0.39, 0.29) is 19.6 Å². The van der Waals surface area contributed by atoms with Gasteiger partial charge >= 0.3 is 5.97 Å². The number of carbonyl (C=O) groups excluding carboxylic acids is 1. The average Bonchev–Trinajstić information content (AvgIpc) is 2.03. The molecule has 0 rings (SSSR count). The molecule has 0 heterocycles. The highest BCUT2D eigenvalue weighted by Crippen LogP contribution is 2.04. The molecule has 0 spiro atoms. The number of nitrogens with two attached hydrogens (primary N) is 1. The third-order valence-corrected chi connectivity index (χ3v) is 1.79. The van der Waals surface area contributed by atoms with Crippen LogP contribution >= 0.6 is 0 Å². The van der Waals surface area contributed by atoms with Gasteiger partial charge in [-0.15, -0.1) is 0 Å². The maximum Gasteiger partial charge on any atom is 0.326 e. The summed E-state index contributed by atoms with van der Waals surface area (Å²) >= 11 is 0. The van der Waals surface area contributed by atoms with Gasteiger partial charge in [0.2, 0.25) is 5.91 Å². The lowest BCUT2D eigenvalue weighted by molar-refractivity contribution is -0.146. The highest BCUT2D eigenvalue weighted by molar-refractivity contribution is 5.78. The van der Waals surface area contributed by atoms with Gasteiger partial charge in [0.15, 0.2) is 0 Å². The summed E-state index contributed by atoms with van der Waals surface area (Å²) in [5.41, 5.74) is 3.74. The lowest BCUT2D eigenvalue weighted by Gasteiger charge is -2.24. The lowest BCUT2D eigenvalue weighted by atomic mass is 10.0. The molecule has 0 radical (unpaired) electrons. The maximum atomic E-state index is 10.8.